The number of aryl methyl sites for hydroxylation is 1. The second-order valence-electron chi connectivity index (χ2n) is 7.80. The summed E-state index contributed by atoms with van der Waals surface area (Å²) in [5.74, 6) is -0.240. The lowest BCUT2D eigenvalue weighted by molar-refractivity contribution is -0.132. The lowest BCUT2D eigenvalue weighted by Gasteiger charge is -2.34. The molecule has 1 aliphatic heterocycles. The molecule has 0 atom stereocenters. The SMILES string of the molecule is Cc1c(CC(=O)N2CCN(CCc3ccncc3)CC2)c(=O)oc2cc(O)c(Cl)cc12. The van der Waals surface area contributed by atoms with Gasteiger partial charge in [-0.1, -0.05) is 11.6 Å². The molecule has 0 bridgehead atoms. The molecule has 1 amide bonds. The summed E-state index contributed by atoms with van der Waals surface area (Å²) in [5, 5.41) is 10.5. The van der Waals surface area contributed by atoms with Crippen LogP contribution in [0.1, 0.15) is 16.7 Å². The number of piperazine rings is 1. The van der Waals surface area contributed by atoms with Crippen LogP contribution in [-0.4, -0.2) is 58.5 Å². The largest absolute Gasteiger partial charge is 0.506 e. The van der Waals surface area contributed by atoms with Gasteiger partial charge in [0.05, 0.1) is 17.0 Å². The molecule has 1 N–H and O–H groups in total. The van der Waals surface area contributed by atoms with Gasteiger partial charge in [0.25, 0.3) is 0 Å². The Morgan fingerprint density at radius 1 is 1.19 bits per heavy atom. The quantitative estimate of drug-likeness (QED) is 0.613. The van der Waals surface area contributed by atoms with E-state index in [1.807, 2.05) is 12.1 Å². The van der Waals surface area contributed by atoms with Crippen LogP contribution in [0.3, 0.4) is 0 Å². The normalized spacial score (nSPS) is 14.8. The van der Waals surface area contributed by atoms with Crippen LogP contribution in [0.2, 0.25) is 5.02 Å². The first kappa shape index (κ1) is 21.3. The minimum Gasteiger partial charge on any atom is -0.506 e. The van der Waals surface area contributed by atoms with Crippen LogP contribution >= 0.6 is 11.6 Å². The van der Waals surface area contributed by atoms with Crippen LogP contribution in [0.15, 0.2) is 45.9 Å². The van der Waals surface area contributed by atoms with Crippen molar-refractivity contribution in [3.63, 3.8) is 0 Å². The average Bonchev–Trinajstić information content (AvgIpc) is 2.78. The summed E-state index contributed by atoms with van der Waals surface area (Å²) in [6, 6.07) is 6.92. The van der Waals surface area contributed by atoms with E-state index in [4.69, 9.17) is 16.0 Å². The topological polar surface area (TPSA) is 86.9 Å². The molecule has 0 unspecified atom stereocenters. The van der Waals surface area contributed by atoms with Crippen molar-refractivity contribution in [2.75, 3.05) is 32.7 Å². The fourth-order valence-corrected chi connectivity index (χ4v) is 4.09. The summed E-state index contributed by atoms with van der Waals surface area (Å²) in [7, 11) is 0. The Balaban J connectivity index is 1.39. The van der Waals surface area contributed by atoms with E-state index in [0.29, 0.717) is 29.6 Å². The van der Waals surface area contributed by atoms with Crippen molar-refractivity contribution >= 4 is 28.5 Å². The van der Waals surface area contributed by atoms with Gasteiger partial charge in [-0.2, -0.15) is 0 Å². The maximum Gasteiger partial charge on any atom is 0.340 e. The number of benzene rings is 1. The minimum absolute atomic E-state index is 0.0143. The van der Waals surface area contributed by atoms with Crippen LogP contribution in [-0.2, 0) is 17.6 Å². The second kappa shape index (κ2) is 9.08. The standard InChI is InChI=1S/C23H24ClN3O4/c1-15-17-12-19(24)20(28)14-21(17)31-23(30)18(15)13-22(29)27-10-8-26(9-11-27)7-4-16-2-5-25-6-3-16/h2-3,5-6,12,14,28H,4,7-11,13H2,1H3. The van der Waals surface area contributed by atoms with E-state index in [2.05, 4.69) is 9.88 Å². The number of hydrogen-bond acceptors (Lipinski definition) is 6. The molecule has 162 valence electrons. The number of amides is 1. The lowest BCUT2D eigenvalue weighted by Crippen LogP contribution is -2.49. The Kier molecular flexibility index (Phi) is 6.25. The number of halogens is 1. The van der Waals surface area contributed by atoms with E-state index in [1.165, 1.54) is 11.6 Å². The summed E-state index contributed by atoms with van der Waals surface area (Å²) in [5.41, 5.74) is 1.93. The van der Waals surface area contributed by atoms with Crippen LogP contribution in [0, 0.1) is 6.92 Å². The van der Waals surface area contributed by atoms with Crippen LogP contribution in [0.4, 0.5) is 0 Å². The minimum atomic E-state index is -0.559. The zero-order valence-electron chi connectivity index (χ0n) is 17.3. The van der Waals surface area contributed by atoms with E-state index in [1.54, 1.807) is 30.3 Å². The molecule has 1 aliphatic rings. The molecule has 7 nitrogen and oxygen atoms in total. The number of carbonyl (C=O) groups excluding carboxylic acids is 1. The summed E-state index contributed by atoms with van der Waals surface area (Å²) >= 11 is 6.00. The summed E-state index contributed by atoms with van der Waals surface area (Å²) in [4.78, 5) is 33.5. The second-order valence-corrected chi connectivity index (χ2v) is 8.20. The molecule has 1 fully saturated rings. The first-order valence-electron chi connectivity index (χ1n) is 10.3. The molecule has 4 rings (SSSR count). The highest BCUT2D eigenvalue weighted by Gasteiger charge is 2.23. The molecule has 8 heteroatoms. The predicted octanol–water partition coefficient (Wildman–Crippen LogP) is 2.78. The summed E-state index contributed by atoms with van der Waals surface area (Å²) < 4.78 is 5.33. The average molecular weight is 442 g/mol. The zero-order chi connectivity index (χ0) is 22.0. The number of hydrogen-bond donors (Lipinski definition) is 1. The molecular weight excluding hydrogens is 418 g/mol. The molecule has 1 saturated heterocycles. The van der Waals surface area contributed by atoms with Crippen LogP contribution in [0.5, 0.6) is 5.75 Å². The molecular formula is C23H24ClN3O4. The number of fused-ring (bicyclic) bond motifs is 1. The monoisotopic (exact) mass is 441 g/mol. The van der Waals surface area contributed by atoms with Gasteiger partial charge in [0, 0.05) is 56.6 Å². The Morgan fingerprint density at radius 2 is 1.90 bits per heavy atom. The number of phenols is 1. The number of carbonyl (C=O) groups is 1. The van der Waals surface area contributed by atoms with Crippen molar-refractivity contribution in [1.82, 2.24) is 14.8 Å². The highest BCUT2D eigenvalue weighted by atomic mass is 35.5. The Hall–Kier alpha value is -2.90. The molecule has 1 aromatic carbocycles. The van der Waals surface area contributed by atoms with Gasteiger partial charge in [-0.15, -0.1) is 0 Å². The number of nitrogens with zero attached hydrogens (tertiary/aromatic N) is 3. The maximum atomic E-state index is 12.9. The van der Waals surface area contributed by atoms with Crippen molar-refractivity contribution in [2.24, 2.45) is 0 Å². The van der Waals surface area contributed by atoms with Crippen molar-refractivity contribution in [3.8, 4) is 5.75 Å². The van der Waals surface area contributed by atoms with Gasteiger partial charge in [-0.05, 0) is 42.7 Å². The van der Waals surface area contributed by atoms with Gasteiger partial charge < -0.3 is 14.4 Å². The Bertz CT molecular complexity index is 1150. The Labute approximate surface area is 184 Å². The maximum absolute atomic E-state index is 12.9. The summed E-state index contributed by atoms with van der Waals surface area (Å²) in [6.07, 6.45) is 4.54. The van der Waals surface area contributed by atoms with Gasteiger partial charge in [-0.3, -0.25) is 14.7 Å². The van der Waals surface area contributed by atoms with E-state index in [0.717, 1.165) is 26.1 Å². The number of rotatable bonds is 5. The predicted molar refractivity (Wildman–Crippen MR) is 119 cm³/mol. The van der Waals surface area contributed by atoms with Crippen molar-refractivity contribution < 1.29 is 14.3 Å². The number of pyridine rings is 1. The van der Waals surface area contributed by atoms with Gasteiger partial charge in [-0.25, -0.2) is 4.79 Å². The van der Waals surface area contributed by atoms with E-state index in [-0.39, 0.29) is 28.7 Å². The van der Waals surface area contributed by atoms with Gasteiger partial charge in [0.1, 0.15) is 11.3 Å². The van der Waals surface area contributed by atoms with Gasteiger partial charge in [0.15, 0.2) is 0 Å². The molecule has 0 radical (unpaired) electrons. The van der Waals surface area contributed by atoms with Crippen molar-refractivity contribution in [3.05, 3.63) is 68.8 Å². The van der Waals surface area contributed by atoms with Crippen molar-refractivity contribution in [2.45, 2.75) is 19.8 Å². The molecule has 3 heterocycles. The molecule has 3 aromatic rings. The van der Waals surface area contributed by atoms with E-state index >= 15 is 0 Å². The molecule has 0 spiro atoms. The van der Waals surface area contributed by atoms with Crippen molar-refractivity contribution in [1.29, 1.82) is 0 Å². The third-order valence-electron chi connectivity index (χ3n) is 5.87. The first-order chi connectivity index (χ1) is 14.9. The molecule has 2 aromatic heterocycles. The van der Waals surface area contributed by atoms with Crippen LogP contribution in [0.25, 0.3) is 11.0 Å². The lowest BCUT2D eigenvalue weighted by atomic mass is 10.0. The molecule has 0 saturated carbocycles. The Morgan fingerprint density at radius 3 is 2.61 bits per heavy atom. The molecule has 31 heavy (non-hydrogen) atoms. The number of phenolic OH excluding ortho intramolecular Hbond substituents is 1. The fraction of sp³-hybridized carbons (Fsp3) is 0.348. The third-order valence-corrected chi connectivity index (χ3v) is 6.18. The number of aromatic hydroxyl groups is 1. The third kappa shape index (κ3) is 4.73. The first-order valence-corrected chi connectivity index (χ1v) is 10.6. The highest BCUT2D eigenvalue weighted by molar-refractivity contribution is 6.32. The molecule has 0 aliphatic carbocycles. The van der Waals surface area contributed by atoms with Gasteiger partial charge >= 0.3 is 5.63 Å². The highest BCUT2D eigenvalue weighted by Crippen LogP contribution is 2.30. The zero-order valence-corrected chi connectivity index (χ0v) is 18.1. The number of aromatic nitrogens is 1. The van der Waals surface area contributed by atoms with E-state index < -0.39 is 5.63 Å². The van der Waals surface area contributed by atoms with Crippen LogP contribution < -0.4 is 5.63 Å². The van der Waals surface area contributed by atoms with E-state index in [9.17, 15) is 14.7 Å². The smallest absolute Gasteiger partial charge is 0.340 e. The van der Waals surface area contributed by atoms with Gasteiger partial charge in [0.2, 0.25) is 5.91 Å². The summed E-state index contributed by atoms with van der Waals surface area (Å²) in [6.45, 7) is 5.58. The fourth-order valence-electron chi connectivity index (χ4n) is 3.92.